The van der Waals surface area contributed by atoms with Crippen molar-refractivity contribution in [2.24, 2.45) is 0 Å². The van der Waals surface area contributed by atoms with Gasteiger partial charge in [0.15, 0.2) is 0 Å². The van der Waals surface area contributed by atoms with E-state index in [0.717, 1.165) is 48.6 Å². The third-order valence-electron chi connectivity index (χ3n) is 5.28. The van der Waals surface area contributed by atoms with Crippen LogP contribution in [0.5, 0.6) is 11.5 Å². The zero-order chi connectivity index (χ0) is 24.8. The lowest BCUT2D eigenvalue weighted by Gasteiger charge is -2.24. The second-order valence-corrected chi connectivity index (χ2v) is 11.2. The molecular weight excluding hydrogens is 473 g/mol. The standard InChI is InChI=1S/C29H36NO3PS/c1-3-5-22-30(23-6-4-2)24-29(35-28-20-14-9-15-21-28)25-34(31,32-26-16-10-7-11-17-26)33-27-18-12-8-13-19-27/h7-21,25H,3-6,22-24H2,1-2H3/b29-25-. The van der Waals surface area contributed by atoms with Gasteiger partial charge in [0, 0.05) is 16.3 Å². The first-order valence-corrected chi connectivity index (χ1v) is 14.8. The van der Waals surface area contributed by atoms with Crippen molar-refractivity contribution in [3.63, 3.8) is 0 Å². The molecule has 3 aromatic rings. The van der Waals surface area contributed by atoms with Gasteiger partial charge in [0.05, 0.1) is 5.82 Å². The molecule has 0 bridgehead atoms. The molecule has 0 N–H and O–H groups in total. The van der Waals surface area contributed by atoms with E-state index < -0.39 is 7.60 Å². The van der Waals surface area contributed by atoms with E-state index in [4.69, 9.17) is 9.05 Å². The van der Waals surface area contributed by atoms with E-state index in [0.29, 0.717) is 18.0 Å². The number of rotatable bonds is 15. The third-order valence-corrected chi connectivity index (χ3v) is 8.03. The topological polar surface area (TPSA) is 38.8 Å². The minimum atomic E-state index is -3.67. The Morgan fingerprint density at radius 1 is 0.771 bits per heavy atom. The molecule has 0 amide bonds. The van der Waals surface area contributed by atoms with Gasteiger partial charge < -0.3 is 9.05 Å². The van der Waals surface area contributed by atoms with Crippen molar-refractivity contribution in [2.75, 3.05) is 19.6 Å². The third kappa shape index (κ3) is 9.97. The summed E-state index contributed by atoms with van der Waals surface area (Å²) in [6, 6.07) is 28.6. The molecule has 0 saturated heterocycles. The molecule has 0 unspecified atom stereocenters. The Morgan fingerprint density at radius 3 is 1.69 bits per heavy atom. The highest BCUT2D eigenvalue weighted by molar-refractivity contribution is 8.03. The van der Waals surface area contributed by atoms with Gasteiger partial charge in [-0.05, 0) is 62.3 Å². The molecule has 0 heterocycles. The van der Waals surface area contributed by atoms with Crippen molar-refractivity contribution in [3.8, 4) is 11.5 Å². The Hall–Kier alpha value is -2.46. The summed E-state index contributed by atoms with van der Waals surface area (Å²) in [5, 5.41) is 0. The van der Waals surface area contributed by atoms with E-state index >= 15 is 0 Å². The van der Waals surface area contributed by atoms with Crippen molar-refractivity contribution in [3.05, 3.63) is 102 Å². The van der Waals surface area contributed by atoms with Crippen LogP contribution in [0.25, 0.3) is 0 Å². The van der Waals surface area contributed by atoms with Crippen LogP contribution in [0, 0.1) is 0 Å². The van der Waals surface area contributed by atoms with Crippen LogP contribution >= 0.6 is 19.4 Å². The molecule has 6 heteroatoms. The molecule has 4 nitrogen and oxygen atoms in total. The van der Waals surface area contributed by atoms with Crippen LogP contribution < -0.4 is 9.05 Å². The summed E-state index contributed by atoms with van der Waals surface area (Å²) < 4.78 is 26.3. The first kappa shape index (κ1) is 27.1. The molecule has 0 aliphatic carbocycles. The Bertz CT molecular complexity index is 1010. The molecule has 0 aliphatic rings. The Morgan fingerprint density at radius 2 is 1.23 bits per heavy atom. The normalized spacial score (nSPS) is 12.0. The molecule has 0 atom stereocenters. The van der Waals surface area contributed by atoms with Crippen molar-refractivity contribution >= 4 is 19.4 Å². The molecule has 0 spiro atoms. The maximum atomic E-state index is 14.2. The minimum absolute atomic E-state index is 0.515. The second kappa shape index (κ2) is 14.8. The average Bonchev–Trinajstić information content (AvgIpc) is 2.87. The molecule has 35 heavy (non-hydrogen) atoms. The van der Waals surface area contributed by atoms with Gasteiger partial charge >= 0.3 is 7.60 Å². The van der Waals surface area contributed by atoms with Crippen LogP contribution in [0.4, 0.5) is 0 Å². The first-order chi connectivity index (χ1) is 17.1. The molecule has 0 saturated carbocycles. The highest BCUT2D eigenvalue weighted by Gasteiger charge is 2.27. The van der Waals surface area contributed by atoms with Crippen LogP contribution in [0.1, 0.15) is 39.5 Å². The lowest BCUT2D eigenvalue weighted by molar-refractivity contribution is 0.290. The minimum Gasteiger partial charge on any atom is -0.413 e. The van der Waals surface area contributed by atoms with E-state index in [1.165, 1.54) is 0 Å². The molecular formula is C29H36NO3PS. The highest BCUT2D eigenvalue weighted by Crippen LogP contribution is 2.52. The quantitative estimate of drug-likeness (QED) is 0.151. The number of para-hydroxylation sites is 2. The van der Waals surface area contributed by atoms with E-state index in [2.05, 4.69) is 30.9 Å². The van der Waals surface area contributed by atoms with Crippen LogP contribution in [0.15, 0.2) is 107 Å². The largest absolute Gasteiger partial charge is 0.456 e. The van der Waals surface area contributed by atoms with E-state index in [1.54, 1.807) is 41.8 Å². The fraction of sp³-hybridized carbons (Fsp3) is 0.310. The van der Waals surface area contributed by atoms with Gasteiger partial charge in [0.2, 0.25) is 0 Å². The molecule has 3 aromatic carbocycles. The maximum absolute atomic E-state index is 14.2. The van der Waals surface area contributed by atoms with Gasteiger partial charge in [0.1, 0.15) is 11.5 Å². The summed E-state index contributed by atoms with van der Waals surface area (Å²) in [5.74, 6) is 2.75. The Labute approximate surface area is 214 Å². The monoisotopic (exact) mass is 509 g/mol. The van der Waals surface area contributed by atoms with Crippen molar-refractivity contribution < 1.29 is 13.6 Å². The highest BCUT2D eigenvalue weighted by atomic mass is 32.2. The summed E-state index contributed by atoms with van der Waals surface area (Å²) in [4.78, 5) is 4.50. The van der Waals surface area contributed by atoms with Gasteiger partial charge in [-0.2, -0.15) is 0 Å². The van der Waals surface area contributed by atoms with Gasteiger partial charge in [-0.3, -0.25) is 4.90 Å². The smallest absolute Gasteiger partial charge is 0.413 e. The fourth-order valence-corrected chi connectivity index (χ4v) is 6.35. The van der Waals surface area contributed by atoms with Crippen LogP contribution in [-0.2, 0) is 4.57 Å². The molecule has 186 valence electrons. The average molecular weight is 510 g/mol. The molecule has 0 aliphatic heterocycles. The van der Waals surface area contributed by atoms with Crippen molar-refractivity contribution in [2.45, 2.75) is 44.4 Å². The molecule has 0 fully saturated rings. The van der Waals surface area contributed by atoms with E-state index in [9.17, 15) is 4.57 Å². The Kier molecular flexibility index (Phi) is 11.5. The summed E-state index contributed by atoms with van der Waals surface area (Å²) in [7, 11) is -3.67. The van der Waals surface area contributed by atoms with Gasteiger partial charge in [0.25, 0.3) is 0 Å². The summed E-state index contributed by atoms with van der Waals surface area (Å²) >= 11 is 1.62. The number of hydrogen-bond acceptors (Lipinski definition) is 5. The second-order valence-electron chi connectivity index (χ2n) is 8.34. The molecule has 0 radical (unpaired) electrons. The molecule has 0 aromatic heterocycles. The fourth-order valence-electron chi connectivity index (χ4n) is 3.50. The number of nitrogens with zero attached hydrogens (tertiary/aromatic N) is 1. The molecule has 3 rings (SSSR count). The van der Waals surface area contributed by atoms with Crippen molar-refractivity contribution in [1.82, 2.24) is 4.90 Å². The van der Waals surface area contributed by atoms with Crippen LogP contribution in [0.2, 0.25) is 0 Å². The predicted molar refractivity (Wildman–Crippen MR) is 148 cm³/mol. The van der Waals surface area contributed by atoms with Gasteiger partial charge in [-0.1, -0.05) is 93.0 Å². The van der Waals surface area contributed by atoms with Gasteiger partial charge in [-0.15, -0.1) is 0 Å². The lowest BCUT2D eigenvalue weighted by atomic mass is 10.2. The lowest BCUT2D eigenvalue weighted by Crippen LogP contribution is -2.28. The summed E-state index contributed by atoms with van der Waals surface area (Å²) in [6.07, 6.45) is 4.54. The SMILES string of the molecule is CCCCN(CCCC)C/C(=C/P(=O)(Oc1ccccc1)Oc1ccccc1)Sc1ccccc1. The maximum Gasteiger partial charge on any atom is 0.456 e. The zero-order valence-electron chi connectivity index (χ0n) is 20.7. The first-order valence-electron chi connectivity index (χ1n) is 12.4. The Balaban J connectivity index is 1.96. The van der Waals surface area contributed by atoms with E-state index in [1.807, 2.05) is 54.6 Å². The number of unbranched alkanes of at least 4 members (excludes halogenated alkanes) is 2. The van der Waals surface area contributed by atoms with E-state index in [-0.39, 0.29) is 0 Å². The number of hydrogen-bond donors (Lipinski definition) is 0. The van der Waals surface area contributed by atoms with Crippen molar-refractivity contribution in [1.29, 1.82) is 0 Å². The van der Waals surface area contributed by atoms with Crippen LogP contribution in [-0.4, -0.2) is 24.5 Å². The zero-order valence-corrected chi connectivity index (χ0v) is 22.4. The van der Waals surface area contributed by atoms with Crippen LogP contribution in [0.3, 0.4) is 0 Å². The number of thioether (sulfide) groups is 1. The summed E-state index contributed by atoms with van der Waals surface area (Å²) in [5.41, 5.74) is 0. The number of benzene rings is 3. The predicted octanol–water partition coefficient (Wildman–Crippen LogP) is 8.87. The van der Waals surface area contributed by atoms with Gasteiger partial charge in [-0.25, -0.2) is 4.57 Å². The summed E-state index contributed by atoms with van der Waals surface area (Å²) in [6.45, 7) is 7.13.